The van der Waals surface area contributed by atoms with Gasteiger partial charge in [-0.1, -0.05) is 13.0 Å². The van der Waals surface area contributed by atoms with E-state index in [9.17, 15) is 4.79 Å². The smallest absolute Gasteiger partial charge is 0.323 e. The molecule has 3 atom stereocenters. The average molecular weight is 197 g/mol. The van der Waals surface area contributed by atoms with Gasteiger partial charge in [-0.15, -0.1) is 6.58 Å². The Morgan fingerprint density at radius 2 is 2.43 bits per heavy atom. The van der Waals surface area contributed by atoms with E-state index < -0.39 is 0 Å². The lowest BCUT2D eigenvalue weighted by Crippen LogP contribution is -2.38. The Morgan fingerprint density at radius 1 is 1.71 bits per heavy atom. The summed E-state index contributed by atoms with van der Waals surface area (Å²) in [6, 6.07) is 0.261. The normalized spacial score (nSPS) is 31.4. The Bertz CT molecular complexity index is 215. The maximum Gasteiger partial charge on any atom is 0.323 e. The predicted octanol–water partition coefficient (Wildman–Crippen LogP) is 1.49. The van der Waals surface area contributed by atoms with Crippen LogP contribution in [0.15, 0.2) is 12.7 Å². The van der Waals surface area contributed by atoms with Gasteiger partial charge < -0.3 is 10.1 Å². The summed E-state index contributed by atoms with van der Waals surface area (Å²) in [6.45, 7) is 8.07. The molecule has 3 unspecified atom stereocenters. The van der Waals surface area contributed by atoms with E-state index in [4.69, 9.17) is 4.74 Å². The topological polar surface area (TPSA) is 38.3 Å². The first-order valence-electron chi connectivity index (χ1n) is 5.22. The van der Waals surface area contributed by atoms with Crippen LogP contribution in [-0.4, -0.2) is 24.7 Å². The minimum absolute atomic E-state index is 0.119. The van der Waals surface area contributed by atoms with Crippen molar-refractivity contribution in [2.24, 2.45) is 5.92 Å². The minimum Gasteiger partial charge on any atom is -0.465 e. The maximum absolute atomic E-state index is 11.5. The second kappa shape index (κ2) is 5.15. The van der Waals surface area contributed by atoms with Gasteiger partial charge >= 0.3 is 5.97 Å². The van der Waals surface area contributed by atoms with E-state index >= 15 is 0 Å². The van der Waals surface area contributed by atoms with Crippen LogP contribution < -0.4 is 5.32 Å². The number of ether oxygens (including phenoxy) is 1. The number of rotatable bonds is 4. The van der Waals surface area contributed by atoms with Crippen LogP contribution in [-0.2, 0) is 9.53 Å². The Morgan fingerprint density at radius 3 is 3.00 bits per heavy atom. The van der Waals surface area contributed by atoms with Crippen LogP contribution in [0.2, 0.25) is 0 Å². The molecule has 1 heterocycles. The van der Waals surface area contributed by atoms with Gasteiger partial charge in [-0.25, -0.2) is 0 Å². The SMILES string of the molecule is C=CCC1CC(C)C(C(=O)OCC)N1. The van der Waals surface area contributed by atoms with Crippen LogP contribution in [0.5, 0.6) is 0 Å². The molecule has 0 amide bonds. The number of esters is 1. The van der Waals surface area contributed by atoms with E-state index in [-0.39, 0.29) is 12.0 Å². The van der Waals surface area contributed by atoms with Gasteiger partial charge in [0.05, 0.1) is 6.61 Å². The molecule has 0 saturated carbocycles. The lowest BCUT2D eigenvalue weighted by Gasteiger charge is -2.14. The molecule has 0 aromatic heterocycles. The first kappa shape index (κ1) is 11.2. The molecule has 1 aliphatic heterocycles. The molecular formula is C11H19NO2. The van der Waals surface area contributed by atoms with Crippen molar-refractivity contribution in [2.75, 3.05) is 6.61 Å². The summed E-state index contributed by atoms with van der Waals surface area (Å²) < 4.78 is 5.00. The summed E-state index contributed by atoms with van der Waals surface area (Å²) in [7, 11) is 0. The first-order valence-corrected chi connectivity index (χ1v) is 5.22. The van der Waals surface area contributed by atoms with E-state index in [1.807, 2.05) is 13.0 Å². The summed E-state index contributed by atoms with van der Waals surface area (Å²) in [4.78, 5) is 11.5. The molecule has 1 N–H and O–H groups in total. The van der Waals surface area contributed by atoms with Gasteiger partial charge in [0.1, 0.15) is 6.04 Å². The summed E-state index contributed by atoms with van der Waals surface area (Å²) >= 11 is 0. The molecule has 0 radical (unpaired) electrons. The number of nitrogens with one attached hydrogen (secondary N) is 1. The lowest BCUT2D eigenvalue weighted by molar-refractivity contribution is -0.146. The third kappa shape index (κ3) is 2.58. The number of carbonyl (C=O) groups is 1. The fourth-order valence-corrected chi connectivity index (χ4v) is 1.97. The molecule has 80 valence electrons. The van der Waals surface area contributed by atoms with Crippen molar-refractivity contribution in [2.45, 2.75) is 38.8 Å². The van der Waals surface area contributed by atoms with E-state index in [2.05, 4.69) is 18.8 Å². The van der Waals surface area contributed by atoms with E-state index in [1.54, 1.807) is 0 Å². The number of hydrogen-bond donors (Lipinski definition) is 1. The van der Waals surface area contributed by atoms with Crippen molar-refractivity contribution < 1.29 is 9.53 Å². The van der Waals surface area contributed by atoms with Gasteiger partial charge in [0.25, 0.3) is 0 Å². The highest BCUT2D eigenvalue weighted by Gasteiger charge is 2.35. The predicted molar refractivity (Wildman–Crippen MR) is 55.9 cm³/mol. The van der Waals surface area contributed by atoms with Crippen molar-refractivity contribution in [3.8, 4) is 0 Å². The molecule has 0 spiro atoms. The van der Waals surface area contributed by atoms with Crippen molar-refractivity contribution in [1.82, 2.24) is 5.32 Å². The van der Waals surface area contributed by atoms with Crippen LogP contribution in [0.3, 0.4) is 0 Å². The van der Waals surface area contributed by atoms with Gasteiger partial charge in [-0.3, -0.25) is 4.79 Å². The second-order valence-corrected chi connectivity index (χ2v) is 3.83. The summed E-state index contributed by atoms with van der Waals surface area (Å²) in [5.74, 6) is 0.241. The summed E-state index contributed by atoms with van der Waals surface area (Å²) in [5, 5.41) is 3.28. The molecule has 3 nitrogen and oxygen atoms in total. The molecule has 14 heavy (non-hydrogen) atoms. The van der Waals surface area contributed by atoms with E-state index in [1.165, 1.54) is 0 Å². The Hall–Kier alpha value is -0.830. The lowest BCUT2D eigenvalue weighted by atomic mass is 10.0. The van der Waals surface area contributed by atoms with Gasteiger partial charge in [0.15, 0.2) is 0 Å². The van der Waals surface area contributed by atoms with Crippen molar-refractivity contribution in [3.63, 3.8) is 0 Å². The molecule has 1 aliphatic rings. The highest BCUT2D eigenvalue weighted by molar-refractivity contribution is 5.76. The standard InChI is InChI=1S/C11H19NO2/c1-4-6-9-7-8(3)10(12-9)11(13)14-5-2/h4,8-10,12H,1,5-7H2,2-3H3. The quantitative estimate of drug-likeness (QED) is 0.548. The minimum atomic E-state index is -0.125. The summed E-state index contributed by atoms with van der Waals surface area (Å²) in [5.41, 5.74) is 0. The number of hydrogen-bond acceptors (Lipinski definition) is 3. The highest BCUT2D eigenvalue weighted by Crippen LogP contribution is 2.22. The monoisotopic (exact) mass is 197 g/mol. The van der Waals surface area contributed by atoms with Crippen LogP contribution in [0, 0.1) is 5.92 Å². The van der Waals surface area contributed by atoms with Crippen LogP contribution in [0.4, 0.5) is 0 Å². The van der Waals surface area contributed by atoms with E-state index in [0.29, 0.717) is 18.6 Å². The van der Waals surface area contributed by atoms with Gasteiger partial charge in [0, 0.05) is 6.04 Å². The Balaban J connectivity index is 2.47. The zero-order chi connectivity index (χ0) is 10.6. The molecule has 0 aromatic rings. The van der Waals surface area contributed by atoms with Crippen LogP contribution >= 0.6 is 0 Å². The van der Waals surface area contributed by atoms with Gasteiger partial charge in [0.2, 0.25) is 0 Å². The second-order valence-electron chi connectivity index (χ2n) is 3.83. The maximum atomic E-state index is 11.5. The highest BCUT2D eigenvalue weighted by atomic mass is 16.5. The first-order chi connectivity index (χ1) is 6.69. The molecule has 0 aliphatic carbocycles. The van der Waals surface area contributed by atoms with Gasteiger partial charge in [-0.05, 0) is 25.7 Å². The molecule has 3 heteroatoms. The molecule has 0 bridgehead atoms. The van der Waals surface area contributed by atoms with Crippen molar-refractivity contribution in [3.05, 3.63) is 12.7 Å². The van der Waals surface area contributed by atoms with Crippen LogP contribution in [0.1, 0.15) is 26.7 Å². The van der Waals surface area contributed by atoms with Crippen molar-refractivity contribution in [1.29, 1.82) is 0 Å². The average Bonchev–Trinajstić information content (AvgIpc) is 2.48. The van der Waals surface area contributed by atoms with Gasteiger partial charge in [-0.2, -0.15) is 0 Å². The third-order valence-corrected chi connectivity index (χ3v) is 2.63. The van der Waals surface area contributed by atoms with E-state index in [0.717, 1.165) is 12.8 Å². The zero-order valence-electron chi connectivity index (χ0n) is 8.95. The molecule has 1 fully saturated rings. The molecular weight excluding hydrogens is 178 g/mol. The fourth-order valence-electron chi connectivity index (χ4n) is 1.97. The number of carbonyl (C=O) groups excluding carboxylic acids is 1. The van der Waals surface area contributed by atoms with Crippen LogP contribution in [0.25, 0.3) is 0 Å². The molecule has 1 saturated heterocycles. The summed E-state index contributed by atoms with van der Waals surface area (Å²) in [6.07, 6.45) is 3.83. The fraction of sp³-hybridized carbons (Fsp3) is 0.727. The Kier molecular flexibility index (Phi) is 4.14. The Labute approximate surface area is 85.5 Å². The largest absolute Gasteiger partial charge is 0.465 e. The molecule has 1 rings (SSSR count). The molecule has 0 aromatic carbocycles. The zero-order valence-corrected chi connectivity index (χ0v) is 8.95. The van der Waals surface area contributed by atoms with Crippen molar-refractivity contribution >= 4 is 5.97 Å². The third-order valence-electron chi connectivity index (χ3n) is 2.63.